The molecule has 1 aromatic carbocycles. The van der Waals surface area contributed by atoms with Crippen molar-refractivity contribution in [3.63, 3.8) is 0 Å². The minimum Gasteiger partial charge on any atom is -0.347 e. The van der Waals surface area contributed by atoms with Crippen LogP contribution in [0.5, 0.6) is 0 Å². The van der Waals surface area contributed by atoms with Gasteiger partial charge in [0.05, 0.1) is 5.69 Å². The third kappa shape index (κ3) is 4.11. The molecule has 4 rings (SSSR count). The molecule has 0 aliphatic rings. The summed E-state index contributed by atoms with van der Waals surface area (Å²) in [6.07, 6.45) is -1.53. The van der Waals surface area contributed by atoms with Crippen molar-refractivity contribution in [1.29, 1.82) is 0 Å². The minimum absolute atomic E-state index is 0.0914. The number of nitrogens with one attached hydrogen (secondary N) is 1. The van der Waals surface area contributed by atoms with Gasteiger partial charge in [-0.1, -0.05) is 29.8 Å². The van der Waals surface area contributed by atoms with E-state index in [9.17, 15) is 18.0 Å². The molecule has 10 heteroatoms. The van der Waals surface area contributed by atoms with Crippen molar-refractivity contribution in [2.24, 2.45) is 0 Å². The molecule has 0 radical (unpaired) electrons. The molecule has 6 nitrogen and oxygen atoms in total. The predicted octanol–water partition coefficient (Wildman–Crippen LogP) is 4.39. The lowest BCUT2D eigenvalue weighted by molar-refractivity contribution is -0.142. The molecule has 0 unspecified atom stereocenters. The highest BCUT2D eigenvalue weighted by Gasteiger charge is 2.35. The lowest BCUT2D eigenvalue weighted by Crippen LogP contribution is -2.23. The quantitative estimate of drug-likeness (QED) is 0.520. The molecule has 152 valence electrons. The van der Waals surface area contributed by atoms with E-state index < -0.39 is 17.8 Å². The number of nitrogens with zero attached hydrogens (tertiary/aromatic N) is 4. The third-order valence-corrected chi connectivity index (χ3v) is 4.52. The summed E-state index contributed by atoms with van der Waals surface area (Å²) in [4.78, 5) is 20.6. The molecule has 0 aliphatic heterocycles. The fourth-order valence-electron chi connectivity index (χ4n) is 2.83. The second-order valence-corrected chi connectivity index (χ2v) is 6.81. The van der Waals surface area contributed by atoms with Crippen molar-refractivity contribution >= 4 is 23.2 Å². The number of hydrogen-bond donors (Lipinski definition) is 1. The lowest BCUT2D eigenvalue weighted by Gasteiger charge is -2.11. The first-order valence-electron chi connectivity index (χ1n) is 8.72. The fraction of sp³-hybridized carbons (Fsp3) is 0.100. The Kier molecular flexibility index (Phi) is 5.13. The Hall–Kier alpha value is -3.46. The molecule has 0 aliphatic carbocycles. The second-order valence-electron chi connectivity index (χ2n) is 6.37. The van der Waals surface area contributed by atoms with Crippen molar-refractivity contribution in [1.82, 2.24) is 24.9 Å². The van der Waals surface area contributed by atoms with Crippen molar-refractivity contribution in [3.05, 3.63) is 82.9 Å². The van der Waals surface area contributed by atoms with E-state index in [2.05, 4.69) is 20.4 Å². The van der Waals surface area contributed by atoms with Crippen LogP contribution in [0.15, 0.2) is 60.9 Å². The molecule has 0 saturated carbocycles. The summed E-state index contributed by atoms with van der Waals surface area (Å²) in [5, 5.41) is 6.89. The summed E-state index contributed by atoms with van der Waals surface area (Å²) in [6.45, 7) is 0.163. The van der Waals surface area contributed by atoms with Gasteiger partial charge in [0.1, 0.15) is 0 Å². The van der Waals surface area contributed by atoms with Crippen molar-refractivity contribution < 1.29 is 18.0 Å². The van der Waals surface area contributed by atoms with E-state index in [-0.39, 0.29) is 23.6 Å². The number of hydrogen-bond acceptors (Lipinski definition) is 4. The van der Waals surface area contributed by atoms with E-state index in [1.54, 1.807) is 48.8 Å². The summed E-state index contributed by atoms with van der Waals surface area (Å²) in [5.74, 6) is -0.620. The molecule has 0 saturated heterocycles. The van der Waals surface area contributed by atoms with Crippen LogP contribution in [0.2, 0.25) is 5.02 Å². The van der Waals surface area contributed by atoms with Gasteiger partial charge in [0, 0.05) is 35.6 Å². The Morgan fingerprint density at radius 3 is 2.57 bits per heavy atom. The molecule has 0 atom stereocenters. The summed E-state index contributed by atoms with van der Waals surface area (Å²) in [5.41, 5.74) is -0.0196. The van der Waals surface area contributed by atoms with Gasteiger partial charge in [-0.3, -0.25) is 9.78 Å². The molecule has 3 aromatic heterocycles. The van der Waals surface area contributed by atoms with Gasteiger partial charge in [-0.15, -0.1) is 0 Å². The van der Waals surface area contributed by atoms with Gasteiger partial charge in [-0.05, 0) is 29.8 Å². The predicted molar refractivity (Wildman–Crippen MR) is 104 cm³/mol. The molecular weight excluding hydrogens is 419 g/mol. The monoisotopic (exact) mass is 431 g/mol. The number of carbonyl (C=O) groups is 1. The Labute approximate surface area is 173 Å². The number of carbonyl (C=O) groups excluding carboxylic acids is 1. The zero-order chi connectivity index (χ0) is 21.3. The molecule has 4 aromatic rings. The number of benzene rings is 1. The van der Waals surface area contributed by atoms with Crippen LogP contribution in [-0.2, 0) is 12.7 Å². The molecule has 3 heterocycles. The highest BCUT2D eigenvalue weighted by Crippen LogP contribution is 2.32. The Balaban J connectivity index is 1.71. The highest BCUT2D eigenvalue weighted by atomic mass is 35.5. The Bertz CT molecular complexity index is 1210. The number of rotatable bonds is 4. The van der Waals surface area contributed by atoms with Crippen LogP contribution in [0, 0.1) is 0 Å². The van der Waals surface area contributed by atoms with Crippen LogP contribution in [-0.4, -0.2) is 25.5 Å². The average molecular weight is 432 g/mol. The van der Waals surface area contributed by atoms with E-state index in [4.69, 9.17) is 11.6 Å². The van der Waals surface area contributed by atoms with Crippen LogP contribution >= 0.6 is 11.6 Å². The number of amides is 1. The summed E-state index contributed by atoms with van der Waals surface area (Å²) >= 11 is 5.85. The first-order valence-corrected chi connectivity index (χ1v) is 9.10. The SMILES string of the molecule is O=C(NCc1cccnc1)c1cc2nc(-c3ccc(Cl)cc3)cc(C(F)(F)F)n2n1. The van der Waals surface area contributed by atoms with Crippen LogP contribution in [0.3, 0.4) is 0 Å². The zero-order valence-corrected chi connectivity index (χ0v) is 15.9. The van der Waals surface area contributed by atoms with E-state index >= 15 is 0 Å². The van der Waals surface area contributed by atoms with Gasteiger partial charge in [-0.2, -0.15) is 18.3 Å². The van der Waals surface area contributed by atoms with Crippen molar-refractivity contribution in [2.75, 3.05) is 0 Å². The average Bonchev–Trinajstić information content (AvgIpc) is 3.16. The maximum atomic E-state index is 13.6. The van der Waals surface area contributed by atoms with Crippen LogP contribution in [0.4, 0.5) is 13.2 Å². The second kappa shape index (κ2) is 7.75. The van der Waals surface area contributed by atoms with Crippen molar-refractivity contribution in [3.8, 4) is 11.3 Å². The van der Waals surface area contributed by atoms with E-state index in [0.717, 1.165) is 11.6 Å². The Morgan fingerprint density at radius 1 is 1.13 bits per heavy atom. The first-order chi connectivity index (χ1) is 14.3. The molecular formula is C20H13ClF3N5O. The van der Waals surface area contributed by atoms with Gasteiger partial charge in [-0.25, -0.2) is 9.50 Å². The zero-order valence-electron chi connectivity index (χ0n) is 15.2. The summed E-state index contributed by atoms with van der Waals surface area (Å²) in [7, 11) is 0. The maximum absolute atomic E-state index is 13.6. The number of alkyl halides is 3. The molecule has 1 N–H and O–H groups in total. The van der Waals surface area contributed by atoms with Gasteiger partial charge < -0.3 is 5.32 Å². The van der Waals surface area contributed by atoms with Gasteiger partial charge in [0.15, 0.2) is 17.0 Å². The molecule has 30 heavy (non-hydrogen) atoms. The molecule has 0 bridgehead atoms. The van der Waals surface area contributed by atoms with Gasteiger partial charge >= 0.3 is 6.18 Å². The third-order valence-electron chi connectivity index (χ3n) is 4.27. The lowest BCUT2D eigenvalue weighted by atomic mass is 10.1. The summed E-state index contributed by atoms with van der Waals surface area (Å²) < 4.78 is 41.5. The van der Waals surface area contributed by atoms with Gasteiger partial charge in [0.2, 0.25) is 0 Å². The summed E-state index contributed by atoms with van der Waals surface area (Å²) in [6, 6.07) is 11.8. The number of pyridine rings is 1. The molecule has 0 fully saturated rings. The van der Waals surface area contributed by atoms with E-state index in [0.29, 0.717) is 15.1 Å². The number of fused-ring (bicyclic) bond motifs is 1. The number of halogens is 4. The van der Waals surface area contributed by atoms with E-state index in [1.807, 2.05) is 0 Å². The molecule has 0 spiro atoms. The maximum Gasteiger partial charge on any atom is 0.433 e. The smallest absolute Gasteiger partial charge is 0.347 e. The van der Waals surface area contributed by atoms with Gasteiger partial charge in [0.25, 0.3) is 5.91 Å². The van der Waals surface area contributed by atoms with Crippen LogP contribution < -0.4 is 5.32 Å². The number of aromatic nitrogens is 4. The topological polar surface area (TPSA) is 72.2 Å². The largest absolute Gasteiger partial charge is 0.433 e. The normalized spacial score (nSPS) is 11.6. The first kappa shape index (κ1) is 19.8. The van der Waals surface area contributed by atoms with Crippen LogP contribution in [0.1, 0.15) is 21.7 Å². The standard InChI is InChI=1S/C20H13ClF3N5O/c21-14-5-3-13(4-6-14)15-8-17(20(22,23)24)29-18(27-15)9-16(28-29)19(30)26-11-12-2-1-7-25-10-12/h1-10H,11H2,(H,26,30). The van der Waals surface area contributed by atoms with Crippen molar-refractivity contribution in [2.45, 2.75) is 12.7 Å². The van der Waals surface area contributed by atoms with Crippen LogP contribution in [0.25, 0.3) is 16.9 Å². The Morgan fingerprint density at radius 2 is 1.90 bits per heavy atom. The minimum atomic E-state index is -4.70. The fourth-order valence-corrected chi connectivity index (χ4v) is 2.96. The molecule has 1 amide bonds. The highest BCUT2D eigenvalue weighted by molar-refractivity contribution is 6.30. The van der Waals surface area contributed by atoms with E-state index in [1.165, 1.54) is 6.07 Å².